The second kappa shape index (κ2) is 9.59. The van der Waals surface area contributed by atoms with Crippen molar-refractivity contribution >= 4 is 34.3 Å². The molecule has 0 aliphatic rings. The zero-order chi connectivity index (χ0) is 21.7. The molecule has 0 radical (unpaired) electrons. The SMILES string of the molecule is CC(C)CCn1c(SC(C)C(=O)Nc2cccc(C#N)c2)nc2ccccc2c1=O. The van der Waals surface area contributed by atoms with Gasteiger partial charge >= 0.3 is 0 Å². The highest BCUT2D eigenvalue weighted by Gasteiger charge is 2.20. The summed E-state index contributed by atoms with van der Waals surface area (Å²) in [6, 6.07) is 16.1. The van der Waals surface area contributed by atoms with Crippen LogP contribution in [0.2, 0.25) is 0 Å². The average Bonchev–Trinajstić information content (AvgIpc) is 2.73. The number of anilines is 1. The maximum absolute atomic E-state index is 13.1. The molecule has 1 aromatic heterocycles. The number of nitriles is 1. The molecular weight excluding hydrogens is 396 g/mol. The number of rotatable bonds is 7. The Balaban J connectivity index is 1.87. The number of nitrogens with one attached hydrogen (secondary N) is 1. The predicted molar refractivity (Wildman–Crippen MR) is 121 cm³/mol. The zero-order valence-electron chi connectivity index (χ0n) is 17.3. The Morgan fingerprint density at radius 2 is 1.97 bits per heavy atom. The molecule has 0 fully saturated rings. The molecule has 1 amide bonds. The Labute approximate surface area is 179 Å². The van der Waals surface area contributed by atoms with Gasteiger partial charge in [0, 0.05) is 12.2 Å². The molecule has 1 atom stereocenters. The van der Waals surface area contributed by atoms with Crippen LogP contribution in [0.3, 0.4) is 0 Å². The fourth-order valence-corrected chi connectivity index (χ4v) is 3.88. The van der Waals surface area contributed by atoms with Gasteiger partial charge in [-0.2, -0.15) is 5.26 Å². The fraction of sp³-hybridized carbons (Fsp3) is 0.304. The van der Waals surface area contributed by atoms with Gasteiger partial charge in [0.05, 0.1) is 27.8 Å². The molecule has 0 aliphatic heterocycles. The maximum Gasteiger partial charge on any atom is 0.262 e. The normalized spacial score (nSPS) is 12.0. The van der Waals surface area contributed by atoms with Gasteiger partial charge in [-0.05, 0) is 49.6 Å². The summed E-state index contributed by atoms with van der Waals surface area (Å²) in [6.45, 7) is 6.55. The molecule has 1 N–H and O–H groups in total. The Hall–Kier alpha value is -3.11. The quantitative estimate of drug-likeness (QED) is 0.451. The van der Waals surface area contributed by atoms with Gasteiger partial charge in [-0.15, -0.1) is 0 Å². The van der Waals surface area contributed by atoms with Crippen molar-refractivity contribution in [2.45, 2.75) is 44.1 Å². The van der Waals surface area contributed by atoms with E-state index in [1.165, 1.54) is 11.8 Å². The van der Waals surface area contributed by atoms with Crippen molar-refractivity contribution in [2.24, 2.45) is 5.92 Å². The maximum atomic E-state index is 13.1. The number of carbonyl (C=O) groups excluding carboxylic acids is 1. The highest BCUT2D eigenvalue weighted by atomic mass is 32.2. The van der Waals surface area contributed by atoms with Crippen molar-refractivity contribution in [1.82, 2.24) is 9.55 Å². The highest BCUT2D eigenvalue weighted by molar-refractivity contribution is 8.00. The van der Waals surface area contributed by atoms with Crippen LogP contribution in [0.15, 0.2) is 58.5 Å². The first kappa shape index (κ1) is 21.6. The summed E-state index contributed by atoms with van der Waals surface area (Å²) in [4.78, 5) is 30.4. The number of amides is 1. The Bertz CT molecular complexity index is 1160. The van der Waals surface area contributed by atoms with Crippen LogP contribution in [0.5, 0.6) is 0 Å². The first-order valence-corrected chi connectivity index (χ1v) is 10.7. The van der Waals surface area contributed by atoms with Crippen molar-refractivity contribution in [2.75, 3.05) is 5.32 Å². The van der Waals surface area contributed by atoms with E-state index in [4.69, 9.17) is 5.26 Å². The van der Waals surface area contributed by atoms with E-state index in [-0.39, 0.29) is 11.5 Å². The van der Waals surface area contributed by atoms with Gasteiger partial charge in [-0.3, -0.25) is 14.2 Å². The molecule has 6 nitrogen and oxygen atoms in total. The van der Waals surface area contributed by atoms with E-state index >= 15 is 0 Å². The van der Waals surface area contributed by atoms with Crippen LogP contribution < -0.4 is 10.9 Å². The summed E-state index contributed by atoms with van der Waals surface area (Å²) in [5.41, 5.74) is 1.58. The van der Waals surface area contributed by atoms with Crippen LogP contribution >= 0.6 is 11.8 Å². The number of hydrogen-bond donors (Lipinski definition) is 1. The summed E-state index contributed by atoms with van der Waals surface area (Å²) >= 11 is 1.26. The number of para-hydroxylation sites is 1. The lowest BCUT2D eigenvalue weighted by Gasteiger charge is -2.17. The second-order valence-electron chi connectivity index (χ2n) is 7.49. The smallest absolute Gasteiger partial charge is 0.262 e. The molecule has 1 heterocycles. The van der Waals surface area contributed by atoms with Crippen LogP contribution in [0.1, 0.15) is 32.8 Å². The largest absolute Gasteiger partial charge is 0.325 e. The number of nitrogens with zero attached hydrogens (tertiary/aromatic N) is 3. The van der Waals surface area contributed by atoms with E-state index in [1.54, 1.807) is 41.8 Å². The van der Waals surface area contributed by atoms with Gasteiger partial charge in [0.2, 0.25) is 5.91 Å². The first-order chi connectivity index (χ1) is 14.4. The molecule has 3 aromatic rings. The predicted octanol–water partition coefficient (Wildman–Crippen LogP) is 4.43. The van der Waals surface area contributed by atoms with Crippen LogP contribution in [-0.2, 0) is 11.3 Å². The second-order valence-corrected chi connectivity index (χ2v) is 8.80. The van der Waals surface area contributed by atoms with Gasteiger partial charge in [-0.25, -0.2) is 4.98 Å². The van der Waals surface area contributed by atoms with E-state index in [2.05, 4.69) is 30.2 Å². The van der Waals surface area contributed by atoms with Crippen LogP contribution in [0.25, 0.3) is 10.9 Å². The summed E-state index contributed by atoms with van der Waals surface area (Å²) < 4.78 is 1.67. The molecule has 0 saturated heterocycles. The summed E-state index contributed by atoms with van der Waals surface area (Å²) in [7, 11) is 0. The third-order valence-electron chi connectivity index (χ3n) is 4.67. The zero-order valence-corrected chi connectivity index (χ0v) is 18.1. The number of carbonyl (C=O) groups is 1. The fourth-order valence-electron chi connectivity index (χ4n) is 2.94. The van der Waals surface area contributed by atoms with Crippen molar-refractivity contribution in [3.8, 4) is 6.07 Å². The monoisotopic (exact) mass is 420 g/mol. The Morgan fingerprint density at radius 1 is 1.20 bits per heavy atom. The van der Waals surface area contributed by atoms with E-state index < -0.39 is 5.25 Å². The lowest BCUT2D eigenvalue weighted by atomic mass is 10.1. The lowest BCUT2D eigenvalue weighted by molar-refractivity contribution is -0.115. The van der Waals surface area contributed by atoms with Gasteiger partial charge in [0.1, 0.15) is 0 Å². The van der Waals surface area contributed by atoms with E-state index in [1.807, 2.05) is 18.2 Å². The lowest BCUT2D eigenvalue weighted by Crippen LogP contribution is -2.27. The molecule has 0 aliphatic carbocycles. The first-order valence-electron chi connectivity index (χ1n) is 9.86. The van der Waals surface area contributed by atoms with Crippen molar-refractivity contribution in [3.63, 3.8) is 0 Å². The van der Waals surface area contributed by atoms with E-state index in [0.29, 0.717) is 39.8 Å². The van der Waals surface area contributed by atoms with E-state index in [0.717, 1.165) is 6.42 Å². The van der Waals surface area contributed by atoms with Crippen LogP contribution in [-0.4, -0.2) is 20.7 Å². The van der Waals surface area contributed by atoms with Gasteiger partial charge in [-0.1, -0.05) is 43.8 Å². The average molecular weight is 421 g/mol. The van der Waals surface area contributed by atoms with E-state index in [9.17, 15) is 9.59 Å². The molecule has 0 bridgehead atoms. The number of thioether (sulfide) groups is 1. The van der Waals surface area contributed by atoms with Crippen molar-refractivity contribution < 1.29 is 4.79 Å². The molecule has 30 heavy (non-hydrogen) atoms. The summed E-state index contributed by atoms with van der Waals surface area (Å²) in [5, 5.41) is 12.5. The number of benzene rings is 2. The molecule has 0 saturated carbocycles. The van der Waals surface area contributed by atoms with Crippen LogP contribution in [0, 0.1) is 17.2 Å². The summed E-state index contributed by atoms with van der Waals surface area (Å²) in [6.07, 6.45) is 0.842. The van der Waals surface area contributed by atoms with Gasteiger partial charge in [0.15, 0.2) is 5.16 Å². The molecule has 3 rings (SSSR count). The molecule has 1 unspecified atom stereocenters. The van der Waals surface area contributed by atoms with Crippen molar-refractivity contribution in [3.05, 3.63) is 64.4 Å². The molecular formula is C23H24N4O2S. The van der Waals surface area contributed by atoms with Crippen LogP contribution in [0.4, 0.5) is 5.69 Å². The minimum atomic E-state index is -0.478. The third-order valence-corrected chi connectivity index (χ3v) is 5.76. The molecule has 0 spiro atoms. The number of aromatic nitrogens is 2. The number of fused-ring (bicyclic) bond motifs is 1. The Morgan fingerprint density at radius 3 is 2.70 bits per heavy atom. The van der Waals surface area contributed by atoms with Crippen molar-refractivity contribution in [1.29, 1.82) is 5.26 Å². The molecule has 2 aromatic carbocycles. The highest BCUT2D eigenvalue weighted by Crippen LogP contribution is 2.24. The standard InChI is InChI=1S/C23H24N4O2S/c1-15(2)11-12-27-22(29)19-9-4-5-10-20(19)26-23(27)30-16(3)21(28)25-18-8-6-7-17(13-18)14-24/h4-10,13,15-16H,11-12H2,1-3H3,(H,25,28). The summed E-state index contributed by atoms with van der Waals surface area (Å²) in [5.74, 6) is 0.224. The van der Waals surface area contributed by atoms with Gasteiger partial charge in [0.25, 0.3) is 5.56 Å². The molecule has 7 heteroatoms. The minimum Gasteiger partial charge on any atom is -0.325 e. The number of hydrogen-bond acceptors (Lipinski definition) is 5. The Kier molecular flexibility index (Phi) is 6.91. The minimum absolute atomic E-state index is 0.0851. The molecule has 154 valence electrons. The van der Waals surface area contributed by atoms with Gasteiger partial charge < -0.3 is 5.32 Å². The topological polar surface area (TPSA) is 87.8 Å². The third kappa shape index (κ3) is 5.08.